The van der Waals surface area contributed by atoms with Gasteiger partial charge in [-0.05, 0) is 0 Å². The number of nitrogens with zero attached hydrogens (tertiary/aromatic N) is 2. The second-order valence-corrected chi connectivity index (χ2v) is 0.231. The van der Waals surface area contributed by atoms with Gasteiger partial charge in [0.25, 0.3) is 0 Å². The van der Waals surface area contributed by atoms with Crippen molar-refractivity contribution >= 4 is 13.4 Å². The predicted octanol–water partition coefficient (Wildman–Crippen LogP) is 0.0541. The molecule has 0 aromatic rings. The summed E-state index contributed by atoms with van der Waals surface area (Å²) in [6, 6.07) is 0. The molecule has 0 amide bonds. The second-order valence-electron chi connectivity index (χ2n) is 0.231. The molecule has 0 aliphatic heterocycles. The summed E-state index contributed by atoms with van der Waals surface area (Å²) in [5.74, 6) is 0. The maximum absolute atomic E-state index is 4.36. The molecule has 0 aromatic carbocycles. The first-order chi connectivity index (χ1) is 1.91. The van der Waals surface area contributed by atoms with Crippen LogP contribution in [0.15, 0.2) is 10.2 Å². The van der Waals surface area contributed by atoms with E-state index in [-0.39, 0.29) is 21.1 Å². The van der Waals surface area contributed by atoms with E-state index in [9.17, 15) is 0 Å². The molecule has 0 bridgehead atoms. The van der Waals surface area contributed by atoms with Crippen molar-refractivity contribution in [2.24, 2.45) is 10.2 Å². The second kappa shape index (κ2) is 8.98. The summed E-state index contributed by atoms with van der Waals surface area (Å²) in [6.45, 7) is 8.72. The first kappa shape index (κ1) is 8.90. The van der Waals surface area contributed by atoms with Gasteiger partial charge in [-0.3, -0.25) is 0 Å². The molecule has 0 fully saturated rings. The Morgan fingerprint density at radius 1 is 1.00 bits per heavy atom. The Hall–Kier alpha value is 0.0283. The van der Waals surface area contributed by atoms with E-state index in [1.165, 1.54) is 0 Å². The molecule has 26 valence electrons. The van der Waals surface area contributed by atoms with Crippen molar-refractivity contribution in [2.45, 2.75) is 0 Å². The fourth-order valence-electron chi connectivity index (χ4n) is 0. The smallest absolute Gasteiger partial charge is 0.417 e. The summed E-state index contributed by atoms with van der Waals surface area (Å²) >= 11 is 0. The van der Waals surface area contributed by atoms with Crippen LogP contribution in [0.5, 0.6) is 0 Å². The van der Waals surface area contributed by atoms with Crippen molar-refractivity contribution in [1.82, 2.24) is 0 Å². The molecule has 0 spiro atoms. The Kier molecular flexibility index (Phi) is 16.0. The van der Waals surface area contributed by atoms with Crippen molar-refractivity contribution in [1.29, 1.82) is 0 Å². The van der Waals surface area contributed by atoms with Crippen LogP contribution in [0.1, 0.15) is 0 Å². The van der Waals surface area contributed by atoms with E-state index in [2.05, 4.69) is 23.6 Å². The van der Waals surface area contributed by atoms with Gasteiger partial charge in [-0.15, -0.1) is 0 Å². The number of rotatable bonds is 1. The first-order valence-electron chi connectivity index (χ1n) is 0.716. The van der Waals surface area contributed by atoms with Crippen LogP contribution in [0.2, 0.25) is 0 Å². The molecular formula is C2H2N2W. The molecule has 0 saturated carbocycles. The molecule has 0 radical (unpaired) electrons. The summed E-state index contributed by atoms with van der Waals surface area (Å²) < 4.78 is 0. The molecule has 0 unspecified atom stereocenters. The van der Waals surface area contributed by atoms with Gasteiger partial charge in [0.1, 0.15) is 0 Å². The van der Waals surface area contributed by atoms with E-state index in [0.29, 0.717) is 0 Å². The van der Waals surface area contributed by atoms with Gasteiger partial charge in [-0.25, -0.2) is 0 Å². The zero-order chi connectivity index (χ0) is 3.41. The Morgan fingerprint density at radius 2 is 1.20 bits per heavy atom. The monoisotopic (exact) mass is 238 g/mol. The molecule has 5 heavy (non-hydrogen) atoms. The fourth-order valence-corrected chi connectivity index (χ4v) is 0. The predicted molar refractivity (Wildman–Crippen MR) is 17.0 cm³/mol. The third-order valence-corrected chi connectivity index (χ3v) is 0.0667. The molecule has 0 heterocycles. The largest absolute Gasteiger partial charge is 2.00 e. The van der Waals surface area contributed by atoms with E-state index in [1.54, 1.807) is 0 Å². The summed E-state index contributed by atoms with van der Waals surface area (Å²) in [5.41, 5.74) is 0. The Bertz CT molecular complexity index is 28.6. The van der Waals surface area contributed by atoms with Crippen LogP contribution < -0.4 is 0 Å². The molecule has 0 N–H and O–H groups in total. The van der Waals surface area contributed by atoms with E-state index in [4.69, 9.17) is 0 Å². The molecule has 0 aromatic heterocycles. The van der Waals surface area contributed by atoms with E-state index < -0.39 is 0 Å². The fraction of sp³-hybridized carbons (Fsp3) is 0. The van der Waals surface area contributed by atoms with Gasteiger partial charge in [-0.2, -0.15) is 0 Å². The van der Waals surface area contributed by atoms with Crippen LogP contribution in [0.3, 0.4) is 0 Å². The van der Waals surface area contributed by atoms with Crippen molar-refractivity contribution < 1.29 is 21.1 Å². The van der Waals surface area contributed by atoms with Gasteiger partial charge in [0, 0.05) is 0 Å². The summed E-state index contributed by atoms with van der Waals surface area (Å²) in [7, 11) is 0. The average Bonchev–Trinajstić information content (AvgIpc) is 1.37. The molecule has 0 aliphatic rings. The van der Waals surface area contributed by atoms with Crippen molar-refractivity contribution in [3.05, 3.63) is 0 Å². The molecule has 3 heteroatoms. The van der Waals surface area contributed by atoms with Crippen LogP contribution in [0, 0.1) is 0 Å². The summed E-state index contributed by atoms with van der Waals surface area (Å²) in [5, 5.41) is 5.28. The quantitative estimate of drug-likeness (QED) is 0.350. The molecule has 0 saturated heterocycles. The standard InChI is InChI=1S/C2H2N2.W/c1-3-4-2;/h1-2H;/q-2;+2. The zero-order valence-electron chi connectivity index (χ0n) is 2.46. The molecule has 0 atom stereocenters. The first-order valence-corrected chi connectivity index (χ1v) is 0.716. The van der Waals surface area contributed by atoms with Crippen molar-refractivity contribution in [2.75, 3.05) is 0 Å². The van der Waals surface area contributed by atoms with Gasteiger partial charge in [0.05, 0.1) is 0 Å². The third kappa shape index (κ3) is 15.7. The minimum atomic E-state index is 0. The van der Waals surface area contributed by atoms with Gasteiger partial charge in [0.15, 0.2) is 0 Å². The van der Waals surface area contributed by atoms with Crippen molar-refractivity contribution in [3.8, 4) is 0 Å². The Labute approximate surface area is 45.3 Å². The van der Waals surface area contributed by atoms with Gasteiger partial charge >= 0.3 is 21.1 Å². The van der Waals surface area contributed by atoms with Crippen LogP contribution in [0.4, 0.5) is 0 Å². The van der Waals surface area contributed by atoms with Crippen molar-refractivity contribution in [3.63, 3.8) is 0 Å². The van der Waals surface area contributed by atoms with Gasteiger partial charge in [-0.1, -0.05) is 0 Å². The van der Waals surface area contributed by atoms with Crippen LogP contribution in [0.25, 0.3) is 0 Å². The minimum absolute atomic E-state index is 0. The van der Waals surface area contributed by atoms with E-state index >= 15 is 0 Å². The SMILES string of the molecule is [CH-]=NN=[CH-].[W+2]. The Morgan fingerprint density at radius 3 is 1.20 bits per heavy atom. The Balaban J connectivity index is 0. The average molecular weight is 238 g/mol. The van der Waals surface area contributed by atoms with Gasteiger partial charge in [0.2, 0.25) is 0 Å². The zero-order valence-corrected chi connectivity index (χ0v) is 5.39. The van der Waals surface area contributed by atoms with E-state index in [1.807, 2.05) is 0 Å². The van der Waals surface area contributed by atoms with Crippen LogP contribution in [-0.2, 0) is 21.1 Å². The van der Waals surface area contributed by atoms with E-state index in [0.717, 1.165) is 0 Å². The van der Waals surface area contributed by atoms with Crippen LogP contribution in [-0.4, -0.2) is 13.4 Å². The van der Waals surface area contributed by atoms with Gasteiger partial charge < -0.3 is 23.6 Å². The topological polar surface area (TPSA) is 24.7 Å². The number of hydrogen-bond donors (Lipinski definition) is 0. The third-order valence-electron chi connectivity index (χ3n) is 0.0667. The molecular weight excluding hydrogens is 236 g/mol. The number of hydrogen-bond acceptors (Lipinski definition) is 2. The molecule has 0 aliphatic carbocycles. The minimum Gasteiger partial charge on any atom is -0.417 e. The normalized spacial score (nSPS) is 4.00. The van der Waals surface area contributed by atoms with Crippen LogP contribution >= 0.6 is 0 Å². The summed E-state index contributed by atoms with van der Waals surface area (Å²) in [4.78, 5) is 0. The maximum Gasteiger partial charge on any atom is 2.00 e. The maximum atomic E-state index is 4.36. The molecule has 2 nitrogen and oxygen atoms in total. The summed E-state index contributed by atoms with van der Waals surface area (Å²) in [6.07, 6.45) is 0. The molecule has 0 rings (SSSR count).